The summed E-state index contributed by atoms with van der Waals surface area (Å²) in [6.45, 7) is 6.40. The predicted octanol–water partition coefficient (Wildman–Crippen LogP) is 2.02. The topological polar surface area (TPSA) is 47.7 Å². The Morgan fingerprint density at radius 2 is 2.06 bits per heavy atom. The van der Waals surface area contributed by atoms with E-state index in [2.05, 4.69) is 18.7 Å². The Balaban J connectivity index is 3.09. The molecule has 0 saturated carbocycles. The van der Waals surface area contributed by atoms with E-state index in [1.807, 2.05) is 18.2 Å². The van der Waals surface area contributed by atoms with Crippen LogP contribution in [0.4, 0.5) is 5.69 Å². The Labute approximate surface area is 110 Å². The highest BCUT2D eigenvalue weighted by atomic mass is 16.5. The Bertz CT molecular complexity index is 369. The summed E-state index contributed by atoms with van der Waals surface area (Å²) in [6, 6.07) is 6.31. The summed E-state index contributed by atoms with van der Waals surface area (Å²) >= 11 is 0. The maximum Gasteiger partial charge on any atom is 0.120 e. The molecule has 0 aromatic heterocycles. The molecular formula is C14H24N2O2. The maximum absolute atomic E-state index is 5.81. The van der Waals surface area contributed by atoms with Gasteiger partial charge in [0, 0.05) is 38.0 Å². The maximum atomic E-state index is 5.81. The van der Waals surface area contributed by atoms with Gasteiger partial charge >= 0.3 is 0 Å². The van der Waals surface area contributed by atoms with Gasteiger partial charge < -0.3 is 20.1 Å². The summed E-state index contributed by atoms with van der Waals surface area (Å²) in [4.78, 5) is 2.29. The molecule has 4 heteroatoms. The van der Waals surface area contributed by atoms with E-state index in [-0.39, 0.29) is 0 Å². The zero-order valence-electron chi connectivity index (χ0n) is 11.8. The third-order valence-electron chi connectivity index (χ3n) is 3.10. The first kappa shape index (κ1) is 14.8. The summed E-state index contributed by atoms with van der Waals surface area (Å²) in [5, 5.41) is 0. The van der Waals surface area contributed by atoms with Gasteiger partial charge in [0.25, 0.3) is 0 Å². The van der Waals surface area contributed by atoms with Gasteiger partial charge in [0.05, 0.1) is 13.7 Å². The highest BCUT2D eigenvalue weighted by Crippen LogP contribution is 2.27. The number of hydrogen-bond acceptors (Lipinski definition) is 4. The van der Waals surface area contributed by atoms with Gasteiger partial charge in [0.15, 0.2) is 0 Å². The smallest absolute Gasteiger partial charge is 0.120 e. The molecule has 0 spiro atoms. The summed E-state index contributed by atoms with van der Waals surface area (Å²) in [6.07, 6.45) is 0. The van der Waals surface area contributed by atoms with E-state index >= 15 is 0 Å². The largest absolute Gasteiger partial charge is 0.497 e. The van der Waals surface area contributed by atoms with Crippen LogP contribution < -0.4 is 15.4 Å². The molecular weight excluding hydrogens is 228 g/mol. The van der Waals surface area contributed by atoms with E-state index in [0.717, 1.165) is 23.5 Å². The van der Waals surface area contributed by atoms with Gasteiger partial charge in [-0.25, -0.2) is 0 Å². The average molecular weight is 252 g/mol. The van der Waals surface area contributed by atoms with Crippen molar-refractivity contribution in [1.29, 1.82) is 0 Å². The number of nitrogens with two attached hydrogens (primary N) is 1. The van der Waals surface area contributed by atoms with Crippen LogP contribution in [-0.2, 0) is 11.3 Å². The van der Waals surface area contributed by atoms with E-state index in [1.165, 1.54) is 0 Å². The quantitative estimate of drug-likeness (QED) is 0.806. The minimum absolute atomic E-state index is 0.303. The zero-order valence-corrected chi connectivity index (χ0v) is 11.8. The van der Waals surface area contributed by atoms with Crippen molar-refractivity contribution < 1.29 is 9.47 Å². The Morgan fingerprint density at radius 3 is 2.56 bits per heavy atom. The first-order valence-electron chi connectivity index (χ1n) is 6.30. The molecule has 0 aliphatic carbocycles. The first-order chi connectivity index (χ1) is 8.67. The molecule has 0 amide bonds. The molecule has 0 heterocycles. The summed E-state index contributed by atoms with van der Waals surface area (Å²) in [7, 11) is 3.40. The van der Waals surface area contributed by atoms with Crippen LogP contribution in [0, 0.1) is 0 Å². The van der Waals surface area contributed by atoms with Crippen molar-refractivity contribution in [3.8, 4) is 5.75 Å². The van der Waals surface area contributed by atoms with Gasteiger partial charge in [-0.15, -0.1) is 0 Å². The van der Waals surface area contributed by atoms with Crippen molar-refractivity contribution in [2.75, 3.05) is 32.3 Å². The molecule has 1 rings (SSSR count). The number of anilines is 1. The zero-order chi connectivity index (χ0) is 13.5. The average Bonchev–Trinajstić information content (AvgIpc) is 2.39. The van der Waals surface area contributed by atoms with Crippen LogP contribution in [0.1, 0.15) is 19.4 Å². The van der Waals surface area contributed by atoms with Gasteiger partial charge in [-0.05, 0) is 25.5 Å². The number of nitrogens with zero attached hydrogens (tertiary/aromatic N) is 1. The Kier molecular flexibility index (Phi) is 5.95. The van der Waals surface area contributed by atoms with Gasteiger partial charge in [0.2, 0.25) is 0 Å². The lowest BCUT2D eigenvalue weighted by molar-refractivity contribution is 0.182. The van der Waals surface area contributed by atoms with E-state index in [4.69, 9.17) is 15.2 Å². The van der Waals surface area contributed by atoms with Gasteiger partial charge in [-0.3, -0.25) is 0 Å². The lowest BCUT2D eigenvalue weighted by Gasteiger charge is -2.31. The number of methoxy groups -OCH3 is 2. The summed E-state index contributed by atoms with van der Waals surface area (Å²) in [5.74, 6) is 0.852. The third-order valence-corrected chi connectivity index (χ3v) is 3.10. The van der Waals surface area contributed by atoms with Crippen molar-refractivity contribution in [2.45, 2.75) is 26.4 Å². The van der Waals surface area contributed by atoms with Crippen molar-refractivity contribution in [3.05, 3.63) is 23.8 Å². The molecule has 102 valence electrons. The van der Waals surface area contributed by atoms with E-state index in [1.54, 1.807) is 14.2 Å². The van der Waals surface area contributed by atoms with Crippen LogP contribution in [0.15, 0.2) is 18.2 Å². The molecule has 1 aromatic carbocycles. The Hall–Kier alpha value is -1.26. The molecule has 1 atom stereocenters. The van der Waals surface area contributed by atoms with Crippen molar-refractivity contribution in [3.63, 3.8) is 0 Å². The van der Waals surface area contributed by atoms with Crippen LogP contribution in [0.5, 0.6) is 5.75 Å². The SMILES string of the molecule is CCN(c1cc(OC)ccc1CN)C(C)COC. The normalized spacial score (nSPS) is 12.3. The van der Waals surface area contributed by atoms with Crippen LogP contribution >= 0.6 is 0 Å². The van der Waals surface area contributed by atoms with Crippen molar-refractivity contribution in [2.24, 2.45) is 5.73 Å². The predicted molar refractivity (Wildman–Crippen MR) is 75.2 cm³/mol. The van der Waals surface area contributed by atoms with E-state index in [0.29, 0.717) is 19.2 Å². The van der Waals surface area contributed by atoms with Crippen molar-refractivity contribution >= 4 is 5.69 Å². The molecule has 0 bridgehead atoms. The second kappa shape index (κ2) is 7.24. The first-order valence-corrected chi connectivity index (χ1v) is 6.30. The number of benzene rings is 1. The third kappa shape index (κ3) is 3.37. The monoisotopic (exact) mass is 252 g/mol. The molecule has 18 heavy (non-hydrogen) atoms. The standard InChI is InChI=1S/C14H24N2O2/c1-5-16(11(2)10-17-3)14-8-13(18-4)7-6-12(14)9-15/h6-8,11H,5,9-10,15H2,1-4H3. The fourth-order valence-electron chi connectivity index (χ4n) is 2.16. The van der Waals surface area contributed by atoms with Crippen LogP contribution in [0.3, 0.4) is 0 Å². The van der Waals surface area contributed by atoms with Gasteiger partial charge in [0.1, 0.15) is 5.75 Å². The molecule has 0 aliphatic heterocycles. The number of ether oxygens (including phenoxy) is 2. The van der Waals surface area contributed by atoms with Crippen LogP contribution in [-0.4, -0.2) is 33.4 Å². The molecule has 0 saturated heterocycles. The molecule has 0 radical (unpaired) electrons. The molecule has 1 aromatic rings. The number of hydrogen-bond donors (Lipinski definition) is 1. The Morgan fingerprint density at radius 1 is 1.33 bits per heavy atom. The fraction of sp³-hybridized carbons (Fsp3) is 0.571. The second-order valence-electron chi connectivity index (χ2n) is 4.29. The number of likely N-dealkylation sites (N-methyl/N-ethyl adjacent to an activating group) is 1. The fourth-order valence-corrected chi connectivity index (χ4v) is 2.16. The van der Waals surface area contributed by atoms with Crippen LogP contribution in [0.25, 0.3) is 0 Å². The lowest BCUT2D eigenvalue weighted by Crippen LogP contribution is -2.37. The van der Waals surface area contributed by atoms with Crippen LogP contribution in [0.2, 0.25) is 0 Å². The highest BCUT2D eigenvalue weighted by Gasteiger charge is 2.16. The molecule has 2 N–H and O–H groups in total. The van der Waals surface area contributed by atoms with E-state index in [9.17, 15) is 0 Å². The minimum atomic E-state index is 0.303. The highest BCUT2D eigenvalue weighted by molar-refractivity contribution is 5.58. The lowest BCUT2D eigenvalue weighted by atomic mass is 10.1. The summed E-state index contributed by atoms with van der Waals surface area (Å²) < 4.78 is 10.5. The molecule has 4 nitrogen and oxygen atoms in total. The second-order valence-corrected chi connectivity index (χ2v) is 4.29. The van der Waals surface area contributed by atoms with Crippen molar-refractivity contribution in [1.82, 2.24) is 0 Å². The van der Waals surface area contributed by atoms with Gasteiger partial charge in [-0.1, -0.05) is 6.07 Å². The minimum Gasteiger partial charge on any atom is -0.497 e. The molecule has 0 fully saturated rings. The van der Waals surface area contributed by atoms with Gasteiger partial charge in [-0.2, -0.15) is 0 Å². The number of rotatable bonds is 7. The van der Waals surface area contributed by atoms with E-state index < -0.39 is 0 Å². The molecule has 0 aliphatic rings. The molecule has 1 unspecified atom stereocenters. The summed E-state index contributed by atoms with van der Waals surface area (Å²) in [5.41, 5.74) is 8.06.